The van der Waals surface area contributed by atoms with E-state index < -0.39 is 0 Å². The zero-order chi connectivity index (χ0) is 18.9. The van der Waals surface area contributed by atoms with E-state index in [1.807, 2.05) is 0 Å². The van der Waals surface area contributed by atoms with Gasteiger partial charge < -0.3 is 4.74 Å². The van der Waals surface area contributed by atoms with Crippen molar-refractivity contribution >= 4 is 0 Å². The molecule has 0 spiro atoms. The Balaban J connectivity index is 1.92. The van der Waals surface area contributed by atoms with Gasteiger partial charge in [0.15, 0.2) is 0 Å². The lowest BCUT2D eigenvalue weighted by Crippen LogP contribution is -2.15. The summed E-state index contributed by atoms with van der Waals surface area (Å²) >= 11 is 0. The number of ether oxygens (including phenoxy) is 1. The molecule has 0 radical (unpaired) electrons. The highest BCUT2D eigenvalue weighted by Crippen LogP contribution is 2.44. The van der Waals surface area contributed by atoms with Crippen LogP contribution in [0.5, 0.6) is 5.75 Å². The first-order valence-electron chi connectivity index (χ1n) is 11.7. The van der Waals surface area contributed by atoms with Gasteiger partial charge in [-0.2, -0.15) is 0 Å². The molecule has 1 aromatic carbocycles. The number of unbranched alkanes of at least 4 members (excludes halogenated alkanes) is 2. The van der Waals surface area contributed by atoms with Crippen molar-refractivity contribution in [3.05, 3.63) is 28.8 Å². The molecule has 2 fully saturated rings. The van der Waals surface area contributed by atoms with Gasteiger partial charge in [-0.1, -0.05) is 64.4 Å². The second-order valence-electron chi connectivity index (χ2n) is 8.71. The van der Waals surface area contributed by atoms with Crippen molar-refractivity contribution < 1.29 is 9.13 Å². The summed E-state index contributed by atoms with van der Waals surface area (Å²) in [5.41, 5.74) is 4.17. The van der Waals surface area contributed by atoms with Crippen LogP contribution in [0.3, 0.4) is 0 Å². The number of rotatable bonds is 9. The number of alkyl halides is 1. The molecule has 2 aliphatic carbocycles. The van der Waals surface area contributed by atoms with E-state index in [-0.39, 0.29) is 6.67 Å². The second kappa shape index (κ2) is 11.1. The molecular formula is C25H39FO. The molecule has 1 aromatic rings. The van der Waals surface area contributed by atoms with Crippen LogP contribution in [0.4, 0.5) is 4.39 Å². The predicted octanol–water partition coefficient (Wildman–Crippen LogP) is 7.86. The molecule has 0 unspecified atom stereocenters. The zero-order valence-corrected chi connectivity index (χ0v) is 17.4. The van der Waals surface area contributed by atoms with Crippen LogP contribution in [0.25, 0.3) is 0 Å². The highest BCUT2D eigenvalue weighted by Gasteiger charge is 2.27. The molecule has 0 atom stereocenters. The first-order chi connectivity index (χ1) is 13.3. The van der Waals surface area contributed by atoms with E-state index in [1.54, 1.807) is 0 Å². The summed E-state index contributed by atoms with van der Waals surface area (Å²) in [6.07, 6.45) is 17.2. The third-order valence-corrected chi connectivity index (χ3v) is 6.76. The van der Waals surface area contributed by atoms with Crippen molar-refractivity contribution in [1.82, 2.24) is 0 Å². The molecule has 2 aliphatic rings. The summed E-state index contributed by atoms with van der Waals surface area (Å²) in [5, 5.41) is 0. The van der Waals surface area contributed by atoms with Crippen molar-refractivity contribution in [1.29, 1.82) is 0 Å². The molecule has 0 aliphatic heterocycles. The van der Waals surface area contributed by atoms with E-state index in [9.17, 15) is 4.39 Å². The Kier molecular flexibility index (Phi) is 8.48. The molecule has 152 valence electrons. The molecule has 2 saturated carbocycles. The van der Waals surface area contributed by atoms with E-state index in [0.29, 0.717) is 18.3 Å². The Morgan fingerprint density at radius 1 is 0.889 bits per heavy atom. The highest BCUT2D eigenvalue weighted by atomic mass is 19.1. The average Bonchev–Trinajstić information content (AvgIpc) is 2.73. The third kappa shape index (κ3) is 5.48. The quantitative estimate of drug-likeness (QED) is 0.400. The molecule has 0 bridgehead atoms. The molecular weight excluding hydrogens is 335 g/mol. The van der Waals surface area contributed by atoms with Gasteiger partial charge >= 0.3 is 0 Å². The van der Waals surface area contributed by atoms with Crippen LogP contribution in [0, 0.1) is 0 Å². The summed E-state index contributed by atoms with van der Waals surface area (Å²) in [5.74, 6) is 2.28. The van der Waals surface area contributed by atoms with Crippen LogP contribution in [0.2, 0.25) is 0 Å². The van der Waals surface area contributed by atoms with Crippen LogP contribution >= 0.6 is 0 Å². The summed E-state index contributed by atoms with van der Waals surface area (Å²) < 4.78 is 19.9. The van der Waals surface area contributed by atoms with Gasteiger partial charge in [-0.25, -0.2) is 0 Å². The third-order valence-electron chi connectivity index (χ3n) is 6.76. The van der Waals surface area contributed by atoms with Crippen molar-refractivity contribution in [2.45, 2.75) is 109 Å². The summed E-state index contributed by atoms with van der Waals surface area (Å²) in [6, 6.07) is 4.53. The van der Waals surface area contributed by atoms with Gasteiger partial charge in [0.25, 0.3) is 0 Å². The number of halogens is 1. The van der Waals surface area contributed by atoms with Gasteiger partial charge in [0.2, 0.25) is 0 Å². The Labute approximate surface area is 166 Å². The minimum Gasteiger partial charge on any atom is -0.493 e. The van der Waals surface area contributed by atoms with Crippen molar-refractivity contribution in [2.24, 2.45) is 0 Å². The van der Waals surface area contributed by atoms with E-state index in [0.717, 1.165) is 18.8 Å². The number of benzene rings is 1. The highest BCUT2D eigenvalue weighted by molar-refractivity contribution is 5.49. The van der Waals surface area contributed by atoms with Crippen LogP contribution in [-0.2, 0) is 6.42 Å². The van der Waals surface area contributed by atoms with Gasteiger partial charge in [0, 0.05) is 12.0 Å². The zero-order valence-electron chi connectivity index (χ0n) is 17.4. The fourth-order valence-electron chi connectivity index (χ4n) is 5.33. The van der Waals surface area contributed by atoms with Gasteiger partial charge in [-0.05, 0) is 61.1 Å². The van der Waals surface area contributed by atoms with E-state index in [1.165, 1.54) is 93.7 Å². The lowest BCUT2D eigenvalue weighted by Gasteiger charge is -2.31. The van der Waals surface area contributed by atoms with E-state index in [4.69, 9.17) is 4.74 Å². The molecule has 0 heterocycles. The normalized spacial score (nSPS) is 19.3. The summed E-state index contributed by atoms with van der Waals surface area (Å²) in [7, 11) is 0. The molecule has 27 heavy (non-hydrogen) atoms. The topological polar surface area (TPSA) is 9.23 Å². The lowest BCUT2D eigenvalue weighted by atomic mass is 9.75. The van der Waals surface area contributed by atoms with Crippen molar-refractivity contribution in [2.75, 3.05) is 13.3 Å². The van der Waals surface area contributed by atoms with Crippen LogP contribution < -0.4 is 4.74 Å². The molecule has 1 nitrogen and oxygen atoms in total. The van der Waals surface area contributed by atoms with Gasteiger partial charge in [0.1, 0.15) is 5.75 Å². The maximum atomic E-state index is 13.6. The molecule has 0 amide bonds. The van der Waals surface area contributed by atoms with Crippen LogP contribution in [0.15, 0.2) is 12.1 Å². The lowest BCUT2D eigenvalue weighted by molar-refractivity contribution is 0.296. The number of hydrogen-bond acceptors (Lipinski definition) is 1. The number of hydrogen-bond donors (Lipinski definition) is 0. The van der Waals surface area contributed by atoms with Crippen LogP contribution in [-0.4, -0.2) is 13.3 Å². The molecule has 0 N–H and O–H groups in total. The Morgan fingerprint density at radius 2 is 1.56 bits per heavy atom. The maximum absolute atomic E-state index is 13.6. The monoisotopic (exact) mass is 374 g/mol. The summed E-state index contributed by atoms with van der Waals surface area (Å²) in [4.78, 5) is 0. The predicted molar refractivity (Wildman–Crippen MR) is 113 cm³/mol. The van der Waals surface area contributed by atoms with E-state index in [2.05, 4.69) is 19.1 Å². The minimum atomic E-state index is -0.251. The first kappa shape index (κ1) is 20.7. The van der Waals surface area contributed by atoms with Gasteiger partial charge in [-0.15, -0.1) is 0 Å². The smallest absolute Gasteiger partial charge is 0.123 e. The standard InChI is InChI=1S/C25H39FO/c1-2-3-10-19-27-24-16-15-22(20-11-6-4-7-12-20)23(17-18-26)25(24)21-13-8-5-9-14-21/h15-16,20-21H,2-14,17-19H2,1H3. The Bertz CT molecular complexity index is 556. The molecule has 2 heteroatoms. The average molecular weight is 375 g/mol. The van der Waals surface area contributed by atoms with E-state index >= 15 is 0 Å². The molecule has 3 rings (SSSR count). The van der Waals surface area contributed by atoms with Crippen LogP contribution in [0.1, 0.15) is 119 Å². The van der Waals surface area contributed by atoms with Crippen molar-refractivity contribution in [3.8, 4) is 5.75 Å². The summed E-state index contributed by atoms with van der Waals surface area (Å²) in [6.45, 7) is 2.77. The second-order valence-corrected chi connectivity index (χ2v) is 8.71. The molecule has 0 saturated heterocycles. The first-order valence-corrected chi connectivity index (χ1v) is 11.7. The van der Waals surface area contributed by atoms with Crippen molar-refractivity contribution in [3.63, 3.8) is 0 Å². The Morgan fingerprint density at radius 3 is 2.19 bits per heavy atom. The fourth-order valence-corrected chi connectivity index (χ4v) is 5.33. The largest absolute Gasteiger partial charge is 0.493 e. The SMILES string of the molecule is CCCCCOc1ccc(C2CCCCC2)c(CCF)c1C1CCCCC1. The van der Waals surface area contributed by atoms with Gasteiger partial charge in [-0.3, -0.25) is 4.39 Å². The molecule has 0 aromatic heterocycles. The minimum absolute atomic E-state index is 0.251. The Hall–Kier alpha value is -1.05. The fraction of sp³-hybridized carbons (Fsp3) is 0.760. The maximum Gasteiger partial charge on any atom is 0.123 e. The van der Waals surface area contributed by atoms with Gasteiger partial charge in [0.05, 0.1) is 13.3 Å².